The van der Waals surface area contributed by atoms with Gasteiger partial charge in [0.25, 0.3) is 5.91 Å². The predicted octanol–water partition coefficient (Wildman–Crippen LogP) is 4.53. The molecule has 1 saturated heterocycles. The number of nitrogens with zero attached hydrogens (tertiary/aromatic N) is 6. The number of benzene rings is 1. The van der Waals surface area contributed by atoms with E-state index in [0.717, 1.165) is 35.7 Å². The van der Waals surface area contributed by atoms with Crippen LogP contribution in [-0.4, -0.2) is 63.4 Å². The third kappa shape index (κ3) is 4.75. The monoisotopic (exact) mass is 508 g/mol. The van der Waals surface area contributed by atoms with Gasteiger partial charge in [-0.15, -0.1) is 0 Å². The highest BCUT2D eigenvalue weighted by Crippen LogP contribution is 2.30. The van der Waals surface area contributed by atoms with E-state index in [0.29, 0.717) is 23.8 Å². The zero-order valence-corrected chi connectivity index (χ0v) is 21.6. The van der Waals surface area contributed by atoms with E-state index < -0.39 is 5.60 Å². The predicted molar refractivity (Wildman–Crippen MR) is 138 cm³/mol. The Morgan fingerprint density at radius 3 is 2.50 bits per heavy atom. The van der Waals surface area contributed by atoms with E-state index in [9.17, 15) is 9.59 Å². The zero-order chi connectivity index (χ0) is 25.6. The van der Waals surface area contributed by atoms with Gasteiger partial charge in [0.2, 0.25) is 0 Å². The SMILES string of the molecule is CN(C(=O)OC(C)(C)C)C1CCN(c2ccc(N3Cc4cn(-c5ccc(Cl)cc5)nc4C3=O)cn2)C1. The molecule has 0 N–H and O–H groups in total. The maximum Gasteiger partial charge on any atom is 0.410 e. The number of hydrogen-bond donors (Lipinski definition) is 0. The summed E-state index contributed by atoms with van der Waals surface area (Å²) in [6.45, 7) is 7.49. The molecule has 10 heteroatoms. The number of ether oxygens (including phenoxy) is 1. The van der Waals surface area contributed by atoms with Gasteiger partial charge in [-0.3, -0.25) is 4.79 Å². The van der Waals surface area contributed by atoms with Crippen LogP contribution in [0, 0.1) is 0 Å². The average molecular weight is 509 g/mol. The van der Waals surface area contributed by atoms with Gasteiger partial charge in [-0.05, 0) is 63.6 Å². The lowest BCUT2D eigenvalue weighted by Gasteiger charge is -2.28. The second-order valence-electron chi connectivity index (χ2n) is 10.2. The smallest absolute Gasteiger partial charge is 0.410 e. The minimum Gasteiger partial charge on any atom is -0.444 e. The average Bonchev–Trinajstić information content (AvgIpc) is 3.55. The van der Waals surface area contributed by atoms with E-state index >= 15 is 0 Å². The maximum atomic E-state index is 13.1. The summed E-state index contributed by atoms with van der Waals surface area (Å²) in [5.41, 5.74) is 2.36. The maximum absolute atomic E-state index is 13.1. The van der Waals surface area contributed by atoms with Crippen LogP contribution in [0.25, 0.3) is 5.69 Å². The van der Waals surface area contributed by atoms with Crippen molar-refractivity contribution in [2.24, 2.45) is 0 Å². The Labute approximate surface area is 215 Å². The Kier molecular flexibility index (Phi) is 6.12. The summed E-state index contributed by atoms with van der Waals surface area (Å²) in [7, 11) is 1.78. The molecule has 2 aliphatic heterocycles. The van der Waals surface area contributed by atoms with Crippen molar-refractivity contribution in [2.45, 2.75) is 45.4 Å². The highest BCUT2D eigenvalue weighted by atomic mass is 35.5. The molecule has 2 amide bonds. The number of aromatic nitrogens is 3. The minimum absolute atomic E-state index is 0.0504. The van der Waals surface area contributed by atoms with Crippen LogP contribution in [-0.2, 0) is 11.3 Å². The number of pyridine rings is 1. The summed E-state index contributed by atoms with van der Waals surface area (Å²) in [6.07, 6.45) is 4.12. The van der Waals surface area contributed by atoms with Gasteiger partial charge in [0.1, 0.15) is 11.4 Å². The molecule has 0 saturated carbocycles. The molecule has 2 aliphatic rings. The van der Waals surface area contributed by atoms with Crippen LogP contribution in [0.3, 0.4) is 0 Å². The van der Waals surface area contributed by atoms with Crippen molar-refractivity contribution in [1.29, 1.82) is 0 Å². The molecule has 4 heterocycles. The van der Waals surface area contributed by atoms with Crippen LogP contribution in [0.15, 0.2) is 48.8 Å². The number of hydrogen-bond acceptors (Lipinski definition) is 6. The molecule has 0 spiro atoms. The van der Waals surface area contributed by atoms with Crippen LogP contribution < -0.4 is 9.80 Å². The third-order valence-electron chi connectivity index (χ3n) is 6.42. The topological polar surface area (TPSA) is 83.8 Å². The van der Waals surface area contributed by atoms with E-state index in [-0.39, 0.29) is 18.0 Å². The Bertz CT molecular complexity index is 1280. The minimum atomic E-state index is -0.526. The first-order valence-corrected chi connectivity index (χ1v) is 12.3. The first-order valence-electron chi connectivity index (χ1n) is 11.9. The summed E-state index contributed by atoms with van der Waals surface area (Å²) in [5.74, 6) is 0.670. The quantitative estimate of drug-likeness (QED) is 0.515. The summed E-state index contributed by atoms with van der Waals surface area (Å²) < 4.78 is 7.20. The first-order chi connectivity index (χ1) is 17.1. The summed E-state index contributed by atoms with van der Waals surface area (Å²) in [6, 6.07) is 11.2. The van der Waals surface area contributed by atoms with E-state index in [1.165, 1.54) is 0 Å². The van der Waals surface area contributed by atoms with Crippen LogP contribution in [0.2, 0.25) is 5.02 Å². The van der Waals surface area contributed by atoms with Gasteiger partial charge in [0, 0.05) is 36.9 Å². The second kappa shape index (κ2) is 9.13. The number of likely N-dealkylation sites (N-methyl/N-ethyl adjacent to an activating group) is 1. The fourth-order valence-corrected chi connectivity index (χ4v) is 4.61. The number of amides is 2. The van der Waals surface area contributed by atoms with Gasteiger partial charge < -0.3 is 19.4 Å². The van der Waals surface area contributed by atoms with E-state index in [4.69, 9.17) is 16.3 Å². The van der Waals surface area contributed by atoms with Crippen molar-refractivity contribution in [2.75, 3.05) is 29.9 Å². The lowest BCUT2D eigenvalue weighted by atomic mass is 10.2. The highest BCUT2D eigenvalue weighted by Gasteiger charge is 2.34. The Morgan fingerprint density at radius 2 is 1.86 bits per heavy atom. The molecule has 2 aromatic heterocycles. The first kappa shape index (κ1) is 24.1. The van der Waals surface area contributed by atoms with Crippen molar-refractivity contribution in [1.82, 2.24) is 19.7 Å². The Balaban J connectivity index is 1.23. The molecule has 1 aromatic carbocycles. The molecular weight excluding hydrogens is 480 g/mol. The number of rotatable bonds is 4. The van der Waals surface area contributed by atoms with Gasteiger partial charge in [-0.1, -0.05) is 11.6 Å². The molecule has 36 heavy (non-hydrogen) atoms. The molecule has 9 nitrogen and oxygen atoms in total. The van der Waals surface area contributed by atoms with Crippen molar-refractivity contribution >= 4 is 35.1 Å². The van der Waals surface area contributed by atoms with Crippen LogP contribution in [0.4, 0.5) is 16.3 Å². The van der Waals surface area contributed by atoms with Crippen molar-refractivity contribution in [3.63, 3.8) is 0 Å². The van der Waals surface area contributed by atoms with E-state index in [1.807, 2.05) is 51.2 Å². The summed E-state index contributed by atoms with van der Waals surface area (Å²) in [4.78, 5) is 35.6. The van der Waals surface area contributed by atoms with Gasteiger partial charge in [0.05, 0.1) is 30.2 Å². The van der Waals surface area contributed by atoms with Gasteiger partial charge >= 0.3 is 6.09 Å². The second-order valence-corrected chi connectivity index (χ2v) is 10.6. The standard InChI is InChI=1S/C26H29ClN6O3/c1-26(2,3)36-25(35)30(4)21-11-12-31(16-21)22-10-9-20(13-28-22)32-14-17-15-33(29-23(17)24(32)34)19-7-5-18(27)6-8-19/h5-10,13,15,21H,11-12,14,16H2,1-4H3. The largest absolute Gasteiger partial charge is 0.444 e. The molecule has 1 fully saturated rings. The molecule has 3 aromatic rings. The molecule has 0 aliphatic carbocycles. The molecule has 0 bridgehead atoms. The van der Waals surface area contributed by atoms with Gasteiger partial charge in [0.15, 0.2) is 5.69 Å². The molecule has 0 radical (unpaired) electrons. The molecule has 1 unspecified atom stereocenters. The van der Waals surface area contributed by atoms with Crippen molar-refractivity contribution < 1.29 is 14.3 Å². The number of halogens is 1. The molecular formula is C26H29ClN6O3. The lowest BCUT2D eigenvalue weighted by molar-refractivity contribution is 0.0237. The summed E-state index contributed by atoms with van der Waals surface area (Å²) >= 11 is 5.97. The highest BCUT2D eigenvalue weighted by molar-refractivity contribution is 6.30. The van der Waals surface area contributed by atoms with Crippen LogP contribution >= 0.6 is 11.6 Å². The number of anilines is 2. The van der Waals surface area contributed by atoms with Gasteiger partial charge in [-0.25, -0.2) is 14.5 Å². The third-order valence-corrected chi connectivity index (χ3v) is 6.67. The van der Waals surface area contributed by atoms with Gasteiger partial charge in [-0.2, -0.15) is 5.10 Å². The zero-order valence-electron chi connectivity index (χ0n) is 20.8. The Hall–Kier alpha value is -3.59. The molecule has 1 atom stereocenters. The number of carbonyl (C=O) groups is 2. The normalized spacial score (nSPS) is 17.5. The fourth-order valence-electron chi connectivity index (χ4n) is 4.48. The molecule has 5 rings (SSSR count). The van der Waals surface area contributed by atoms with Crippen molar-refractivity contribution in [3.05, 3.63) is 65.1 Å². The van der Waals surface area contributed by atoms with Crippen LogP contribution in [0.1, 0.15) is 43.2 Å². The number of carbonyl (C=O) groups excluding carboxylic acids is 2. The van der Waals surface area contributed by atoms with Crippen LogP contribution in [0.5, 0.6) is 0 Å². The van der Waals surface area contributed by atoms with E-state index in [1.54, 1.807) is 39.9 Å². The summed E-state index contributed by atoms with van der Waals surface area (Å²) in [5, 5.41) is 5.15. The molecule has 188 valence electrons. The van der Waals surface area contributed by atoms with E-state index in [2.05, 4.69) is 15.0 Å². The van der Waals surface area contributed by atoms with Crippen molar-refractivity contribution in [3.8, 4) is 5.69 Å². The number of fused-ring (bicyclic) bond motifs is 1. The fraction of sp³-hybridized carbons (Fsp3) is 0.385. The lowest BCUT2D eigenvalue weighted by Crippen LogP contribution is -2.42. The Morgan fingerprint density at radius 1 is 1.14 bits per heavy atom.